The number of anilines is 2. The van der Waals surface area contributed by atoms with Gasteiger partial charge >= 0.3 is 0 Å². The number of benzene rings is 3. The maximum absolute atomic E-state index is 13.2. The van der Waals surface area contributed by atoms with E-state index >= 15 is 0 Å². The molecule has 2 heterocycles. The first-order valence-electron chi connectivity index (χ1n) is 11.1. The van der Waals surface area contributed by atoms with Crippen LogP contribution in [0.5, 0.6) is 0 Å². The highest BCUT2D eigenvalue weighted by Gasteiger charge is 2.25. The second kappa shape index (κ2) is 9.66. The van der Waals surface area contributed by atoms with E-state index in [9.17, 15) is 4.79 Å². The van der Waals surface area contributed by atoms with Crippen LogP contribution in [-0.4, -0.2) is 44.0 Å². The number of aromatic nitrogens is 5. The van der Waals surface area contributed by atoms with Crippen LogP contribution < -0.4 is 16.1 Å². The van der Waals surface area contributed by atoms with Crippen molar-refractivity contribution in [3.63, 3.8) is 0 Å². The highest BCUT2D eigenvalue weighted by Crippen LogP contribution is 2.21. The van der Waals surface area contributed by atoms with Gasteiger partial charge in [0.25, 0.3) is 5.91 Å². The summed E-state index contributed by atoms with van der Waals surface area (Å²) in [6, 6.07) is 23.7. The van der Waals surface area contributed by atoms with Crippen LogP contribution >= 0.6 is 0 Å². The zero-order valence-corrected chi connectivity index (χ0v) is 19.7. The van der Waals surface area contributed by atoms with Gasteiger partial charge in [-0.3, -0.25) is 4.79 Å². The van der Waals surface area contributed by atoms with Crippen LogP contribution in [0.1, 0.15) is 28.7 Å². The first-order valence-corrected chi connectivity index (χ1v) is 11.1. The van der Waals surface area contributed by atoms with Gasteiger partial charge in [0.05, 0.1) is 18.0 Å². The fraction of sp³-hybridized carbons (Fsp3) is 0.120. The number of nitrogens with two attached hydrogens (primary N) is 1. The molecule has 0 bridgehead atoms. The number of carbonyl (C=O) groups excluding carboxylic acids is 1. The van der Waals surface area contributed by atoms with E-state index in [4.69, 9.17) is 10.4 Å². The third-order valence-electron chi connectivity index (χ3n) is 5.76. The van der Waals surface area contributed by atoms with E-state index in [0.717, 1.165) is 22.0 Å². The lowest BCUT2D eigenvalue weighted by Gasteiger charge is -2.19. The molecule has 0 aliphatic heterocycles. The van der Waals surface area contributed by atoms with Gasteiger partial charge in [-0.1, -0.05) is 65.9 Å². The Hall–Kier alpha value is -5.06. The van der Waals surface area contributed by atoms with Crippen molar-refractivity contribution in [2.45, 2.75) is 13.5 Å². The number of nitrogens with one attached hydrogen (secondary N) is 1. The Morgan fingerprint density at radius 1 is 1.06 bits per heavy atom. The number of fused-ring (bicyclic) bond motifs is 1. The van der Waals surface area contributed by atoms with Crippen molar-refractivity contribution >= 4 is 33.9 Å². The van der Waals surface area contributed by atoms with Crippen molar-refractivity contribution in [3.8, 4) is 5.82 Å². The lowest BCUT2D eigenvalue weighted by molar-refractivity contribution is 0.0948. The number of nitrogens with zero attached hydrogens (tertiary/aromatic N) is 7. The monoisotopic (exact) mass is 481 g/mol. The lowest BCUT2D eigenvalue weighted by Crippen LogP contribution is -2.25. The molecule has 1 amide bonds. The minimum atomic E-state index is -0.521. The van der Waals surface area contributed by atoms with Gasteiger partial charge in [-0.15, -0.1) is 5.10 Å². The SMILES string of the molecule is C/C(=N/NC(=O)c1nnn(-c2nonc2N)c1CN(C)c1ccccc1)c1cccc2ccccc12. The maximum Gasteiger partial charge on any atom is 0.293 e. The number of para-hydroxylation sites is 1. The van der Waals surface area contributed by atoms with Gasteiger partial charge in [-0.2, -0.15) is 9.78 Å². The van der Waals surface area contributed by atoms with E-state index in [1.807, 2.05) is 91.7 Å². The Morgan fingerprint density at radius 2 is 1.81 bits per heavy atom. The average molecular weight is 482 g/mol. The van der Waals surface area contributed by atoms with Crippen LogP contribution in [0.2, 0.25) is 0 Å². The molecule has 0 radical (unpaired) electrons. The molecule has 0 unspecified atom stereocenters. The summed E-state index contributed by atoms with van der Waals surface area (Å²) < 4.78 is 6.08. The van der Waals surface area contributed by atoms with Crippen LogP contribution in [0.15, 0.2) is 82.5 Å². The molecule has 0 aliphatic carbocycles. The Kier molecular flexibility index (Phi) is 6.10. The molecule has 0 aliphatic rings. The number of rotatable bonds is 7. The average Bonchev–Trinajstić information content (AvgIpc) is 3.52. The van der Waals surface area contributed by atoms with Gasteiger partial charge in [-0.05, 0) is 40.1 Å². The molecule has 0 saturated carbocycles. The molecule has 2 aromatic heterocycles. The Balaban J connectivity index is 1.46. The van der Waals surface area contributed by atoms with E-state index in [1.165, 1.54) is 4.68 Å². The fourth-order valence-corrected chi connectivity index (χ4v) is 3.91. The number of carbonyl (C=O) groups is 1. The van der Waals surface area contributed by atoms with Gasteiger partial charge < -0.3 is 10.6 Å². The summed E-state index contributed by atoms with van der Waals surface area (Å²) in [5.41, 5.74) is 11.5. The van der Waals surface area contributed by atoms with Gasteiger partial charge in [0, 0.05) is 18.3 Å². The smallest absolute Gasteiger partial charge is 0.293 e. The van der Waals surface area contributed by atoms with Crippen molar-refractivity contribution in [1.82, 2.24) is 30.7 Å². The molecule has 5 aromatic rings. The Labute approximate surface area is 206 Å². The number of hydrogen-bond donors (Lipinski definition) is 2. The summed E-state index contributed by atoms with van der Waals surface area (Å²) >= 11 is 0. The van der Waals surface area contributed by atoms with Gasteiger partial charge in [0.1, 0.15) is 0 Å². The third kappa shape index (κ3) is 4.37. The van der Waals surface area contributed by atoms with Crippen molar-refractivity contribution in [1.29, 1.82) is 0 Å². The second-order valence-electron chi connectivity index (χ2n) is 8.13. The number of hydrogen-bond acceptors (Lipinski definition) is 9. The molecule has 11 nitrogen and oxygen atoms in total. The standard InChI is InChI=1S/C25H23N9O2/c1-16(19-14-8-10-17-9-6-7-13-20(17)19)27-29-25(35)22-21(15-33(2)18-11-4-3-5-12-18)34(32-28-22)24-23(26)30-36-31-24/h3-14H,15H2,1-2H3,(H2,26,30)(H,29,35)/b27-16-. The van der Waals surface area contributed by atoms with Crippen molar-refractivity contribution in [2.24, 2.45) is 5.10 Å². The Bertz CT molecular complexity index is 1550. The summed E-state index contributed by atoms with van der Waals surface area (Å²) in [6.07, 6.45) is 0. The molecule has 0 atom stereocenters. The highest BCUT2D eigenvalue weighted by atomic mass is 16.6. The van der Waals surface area contributed by atoms with Crippen LogP contribution in [0.3, 0.4) is 0 Å². The normalized spacial score (nSPS) is 11.6. The molecule has 0 saturated heterocycles. The predicted molar refractivity (Wildman–Crippen MR) is 136 cm³/mol. The van der Waals surface area contributed by atoms with Gasteiger partial charge in [-0.25, -0.2) is 10.1 Å². The van der Waals surface area contributed by atoms with Crippen LogP contribution in [0, 0.1) is 0 Å². The molecule has 36 heavy (non-hydrogen) atoms. The molecule has 3 N–H and O–H groups in total. The molecule has 0 spiro atoms. The largest absolute Gasteiger partial charge is 0.378 e. The number of hydrazone groups is 1. The summed E-state index contributed by atoms with van der Waals surface area (Å²) in [5.74, 6) is -0.346. The summed E-state index contributed by atoms with van der Waals surface area (Å²) in [5, 5.41) is 22.1. The van der Waals surface area contributed by atoms with E-state index in [-0.39, 0.29) is 23.9 Å². The Morgan fingerprint density at radius 3 is 2.58 bits per heavy atom. The zero-order chi connectivity index (χ0) is 25.1. The molecule has 3 aromatic carbocycles. The molecule has 0 fully saturated rings. The molecular weight excluding hydrogens is 458 g/mol. The molecule has 11 heteroatoms. The van der Waals surface area contributed by atoms with E-state index in [1.54, 1.807) is 0 Å². The minimum absolute atomic E-state index is 0.0280. The molecular formula is C25H23N9O2. The third-order valence-corrected chi connectivity index (χ3v) is 5.76. The minimum Gasteiger partial charge on any atom is -0.378 e. The van der Waals surface area contributed by atoms with Crippen LogP contribution in [0.25, 0.3) is 16.6 Å². The van der Waals surface area contributed by atoms with Crippen molar-refractivity contribution in [2.75, 3.05) is 17.7 Å². The predicted octanol–water partition coefficient (Wildman–Crippen LogP) is 3.18. The quantitative estimate of drug-likeness (QED) is 0.267. The van der Waals surface area contributed by atoms with E-state index in [2.05, 4.69) is 31.2 Å². The van der Waals surface area contributed by atoms with Crippen molar-refractivity contribution in [3.05, 3.63) is 89.7 Å². The van der Waals surface area contributed by atoms with E-state index in [0.29, 0.717) is 11.4 Å². The van der Waals surface area contributed by atoms with Crippen LogP contribution in [-0.2, 0) is 6.54 Å². The number of amides is 1. The first-order chi connectivity index (χ1) is 17.5. The van der Waals surface area contributed by atoms with Gasteiger partial charge in [0.15, 0.2) is 5.69 Å². The molecule has 5 rings (SSSR count). The number of nitrogen functional groups attached to an aromatic ring is 1. The van der Waals surface area contributed by atoms with Crippen molar-refractivity contribution < 1.29 is 9.42 Å². The van der Waals surface area contributed by atoms with Gasteiger partial charge in [0.2, 0.25) is 11.6 Å². The molecule has 180 valence electrons. The maximum atomic E-state index is 13.2. The van der Waals surface area contributed by atoms with Crippen LogP contribution in [0.4, 0.5) is 11.5 Å². The summed E-state index contributed by atoms with van der Waals surface area (Å²) in [7, 11) is 1.89. The second-order valence-corrected chi connectivity index (χ2v) is 8.13. The summed E-state index contributed by atoms with van der Waals surface area (Å²) in [4.78, 5) is 15.2. The highest BCUT2D eigenvalue weighted by molar-refractivity contribution is 6.10. The van der Waals surface area contributed by atoms with E-state index < -0.39 is 5.91 Å². The summed E-state index contributed by atoms with van der Waals surface area (Å²) in [6.45, 7) is 2.11. The lowest BCUT2D eigenvalue weighted by atomic mass is 10.0. The topological polar surface area (TPSA) is 140 Å². The fourth-order valence-electron chi connectivity index (χ4n) is 3.91. The zero-order valence-electron chi connectivity index (χ0n) is 19.7. The first kappa shape index (κ1) is 22.7.